The minimum atomic E-state index is -0.298. The Morgan fingerprint density at radius 2 is 2.08 bits per heavy atom. The van der Waals surface area contributed by atoms with Gasteiger partial charge in [0.25, 0.3) is 5.91 Å². The van der Waals surface area contributed by atoms with E-state index in [4.69, 9.17) is 5.26 Å². The monoisotopic (exact) mass is 359 g/mol. The summed E-state index contributed by atoms with van der Waals surface area (Å²) >= 11 is 1.36. The van der Waals surface area contributed by atoms with Crippen molar-refractivity contribution in [3.05, 3.63) is 65.9 Å². The lowest BCUT2D eigenvalue weighted by Gasteiger charge is -2.01. The Morgan fingerprint density at radius 1 is 1.23 bits per heavy atom. The third-order valence-electron chi connectivity index (χ3n) is 3.99. The number of carbonyl (C=O) groups is 1. The highest BCUT2D eigenvalue weighted by atomic mass is 32.1. The number of thiazole rings is 1. The van der Waals surface area contributed by atoms with E-state index in [0.717, 1.165) is 21.7 Å². The number of para-hydroxylation sites is 2. The second-order valence-corrected chi connectivity index (χ2v) is 6.69. The van der Waals surface area contributed by atoms with Crippen LogP contribution in [0.2, 0.25) is 0 Å². The number of fused-ring (bicyclic) bond motifs is 1. The summed E-state index contributed by atoms with van der Waals surface area (Å²) in [5.74, 6) is 0.503. The van der Waals surface area contributed by atoms with Gasteiger partial charge in [0.2, 0.25) is 0 Å². The third-order valence-corrected chi connectivity index (χ3v) is 4.90. The minimum absolute atomic E-state index is 0.298. The van der Waals surface area contributed by atoms with Gasteiger partial charge in [-0.3, -0.25) is 10.1 Å². The maximum absolute atomic E-state index is 12.4. The first-order chi connectivity index (χ1) is 12.7. The molecule has 126 valence electrons. The van der Waals surface area contributed by atoms with E-state index in [-0.39, 0.29) is 5.91 Å². The maximum Gasteiger partial charge on any atom is 0.257 e. The molecule has 2 aromatic heterocycles. The third kappa shape index (κ3) is 2.83. The molecule has 0 bridgehead atoms. The van der Waals surface area contributed by atoms with E-state index in [9.17, 15) is 4.79 Å². The minimum Gasteiger partial charge on any atom is -0.326 e. The smallest absolute Gasteiger partial charge is 0.257 e. The summed E-state index contributed by atoms with van der Waals surface area (Å²) in [5, 5.41) is 12.2. The normalized spacial score (nSPS) is 10.6. The average molecular weight is 359 g/mol. The molecule has 0 aliphatic carbocycles. The van der Waals surface area contributed by atoms with Crippen LogP contribution in [0.3, 0.4) is 0 Å². The van der Waals surface area contributed by atoms with E-state index < -0.39 is 0 Å². The van der Waals surface area contributed by atoms with Gasteiger partial charge in [0.1, 0.15) is 0 Å². The molecule has 4 rings (SSSR count). The van der Waals surface area contributed by atoms with E-state index in [0.29, 0.717) is 16.3 Å². The fourth-order valence-electron chi connectivity index (χ4n) is 2.70. The zero-order valence-corrected chi connectivity index (χ0v) is 14.6. The molecule has 7 heteroatoms. The standard InChI is InChI=1S/C19H13N5OS/c1-24-15-8-3-2-7-14(15)22-17(24)16-11-21-19(26-16)23-18(25)13-6-4-5-12(9-13)10-20/h2-9,11H,1H3,(H,21,23,25). The predicted octanol–water partition coefficient (Wildman–Crippen LogP) is 3.82. The Bertz CT molecular complexity index is 1170. The van der Waals surface area contributed by atoms with Crippen LogP contribution in [0.5, 0.6) is 0 Å². The van der Waals surface area contributed by atoms with Gasteiger partial charge >= 0.3 is 0 Å². The highest BCUT2D eigenvalue weighted by Crippen LogP contribution is 2.30. The first kappa shape index (κ1) is 16.0. The van der Waals surface area contributed by atoms with Crippen LogP contribution < -0.4 is 5.32 Å². The summed E-state index contributed by atoms with van der Waals surface area (Å²) in [6.45, 7) is 0. The second kappa shape index (κ2) is 6.43. The quantitative estimate of drug-likeness (QED) is 0.603. The molecule has 0 spiro atoms. The molecule has 1 N–H and O–H groups in total. The Labute approximate surface area is 153 Å². The van der Waals surface area contributed by atoms with Crippen molar-refractivity contribution in [1.82, 2.24) is 14.5 Å². The fourth-order valence-corrected chi connectivity index (χ4v) is 3.54. The molecule has 2 heterocycles. The van der Waals surface area contributed by atoms with Crippen molar-refractivity contribution in [1.29, 1.82) is 5.26 Å². The lowest BCUT2D eigenvalue weighted by molar-refractivity contribution is 0.102. The van der Waals surface area contributed by atoms with E-state index >= 15 is 0 Å². The summed E-state index contributed by atoms with van der Waals surface area (Å²) in [7, 11) is 1.95. The predicted molar refractivity (Wildman–Crippen MR) is 101 cm³/mol. The lowest BCUT2D eigenvalue weighted by atomic mass is 10.1. The number of nitrogens with one attached hydrogen (secondary N) is 1. The molecule has 0 atom stereocenters. The first-order valence-electron chi connectivity index (χ1n) is 7.85. The highest BCUT2D eigenvalue weighted by molar-refractivity contribution is 7.19. The van der Waals surface area contributed by atoms with Crippen LogP contribution in [-0.4, -0.2) is 20.4 Å². The molecule has 4 aromatic rings. The van der Waals surface area contributed by atoms with Crippen molar-refractivity contribution in [2.75, 3.05) is 5.32 Å². The highest BCUT2D eigenvalue weighted by Gasteiger charge is 2.14. The number of rotatable bonds is 3. The molecule has 0 unspecified atom stereocenters. The molecule has 0 saturated heterocycles. The molecule has 0 fully saturated rings. The molecule has 6 nitrogen and oxygen atoms in total. The number of hydrogen-bond donors (Lipinski definition) is 1. The molecular weight excluding hydrogens is 346 g/mol. The van der Waals surface area contributed by atoms with Gasteiger partial charge in [0.05, 0.1) is 33.7 Å². The van der Waals surface area contributed by atoms with Crippen molar-refractivity contribution in [3.8, 4) is 16.8 Å². The van der Waals surface area contributed by atoms with Crippen LogP contribution in [0.1, 0.15) is 15.9 Å². The van der Waals surface area contributed by atoms with Crippen molar-refractivity contribution < 1.29 is 4.79 Å². The number of carbonyl (C=O) groups excluding carboxylic acids is 1. The first-order valence-corrected chi connectivity index (χ1v) is 8.66. The van der Waals surface area contributed by atoms with Gasteiger partial charge in [0, 0.05) is 12.6 Å². The molecule has 2 aromatic carbocycles. The summed E-state index contributed by atoms with van der Waals surface area (Å²) < 4.78 is 2.00. The van der Waals surface area contributed by atoms with E-state index in [1.165, 1.54) is 11.3 Å². The largest absolute Gasteiger partial charge is 0.326 e. The number of aryl methyl sites for hydroxylation is 1. The van der Waals surface area contributed by atoms with Crippen LogP contribution in [0, 0.1) is 11.3 Å². The number of nitrogens with zero attached hydrogens (tertiary/aromatic N) is 4. The summed E-state index contributed by atoms with van der Waals surface area (Å²) in [4.78, 5) is 22.1. The second-order valence-electron chi connectivity index (χ2n) is 5.66. The molecule has 0 aliphatic heterocycles. The van der Waals surface area contributed by atoms with Crippen molar-refractivity contribution >= 4 is 33.4 Å². The number of amides is 1. The zero-order valence-electron chi connectivity index (χ0n) is 13.8. The Morgan fingerprint density at radius 3 is 2.88 bits per heavy atom. The number of nitriles is 1. The van der Waals surface area contributed by atoms with Gasteiger partial charge in [-0.25, -0.2) is 9.97 Å². The molecule has 1 amide bonds. The van der Waals surface area contributed by atoms with Crippen LogP contribution >= 0.6 is 11.3 Å². The lowest BCUT2D eigenvalue weighted by Crippen LogP contribution is -2.11. The number of benzene rings is 2. The number of hydrogen-bond acceptors (Lipinski definition) is 5. The molecular formula is C19H13N5OS. The van der Waals surface area contributed by atoms with E-state index in [1.807, 2.05) is 41.9 Å². The van der Waals surface area contributed by atoms with Crippen LogP contribution in [0.25, 0.3) is 21.7 Å². The number of aromatic nitrogens is 3. The SMILES string of the molecule is Cn1c(-c2cnc(NC(=O)c3cccc(C#N)c3)s2)nc2ccccc21. The Balaban J connectivity index is 1.60. The molecule has 0 saturated carbocycles. The van der Waals surface area contributed by atoms with Crippen LogP contribution in [0.15, 0.2) is 54.7 Å². The maximum atomic E-state index is 12.4. The van der Waals surface area contributed by atoms with Crippen LogP contribution in [-0.2, 0) is 7.05 Å². The topological polar surface area (TPSA) is 83.6 Å². The van der Waals surface area contributed by atoms with Crippen molar-refractivity contribution in [2.24, 2.45) is 7.05 Å². The van der Waals surface area contributed by atoms with Gasteiger partial charge in [-0.15, -0.1) is 0 Å². The molecule has 0 radical (unpaired) electrons. The molecule has 0 aliphatic rings. The summed E-state index contributed by atoms with van der Waals surface area (Å²) in [5.41, 5.74) is 2.81. The number of imidazole rings is 1. The van der Waals surface area contributed by atoms with E-state index in [1.54, 1.807) is 30.5 Å². The number of anilines is 1. The van der Waals surface area contributed by atoms with Gasteiger partial charge in [-0.05, 0) is 30.3 Å². The summed E-state index contributed by atoms with van der Waals surface area (Å²) in [6.07, 6.45) is 1.70. The van der Waals surface area contributed by atoms with Gasteiger partial charge in [-0.1, -0.05) is 29.5 Å². The summed E-state index contributed by atoms with van der Waals surface area (Å²) in [6, 6.07) is 16.5. The van der Waals surface area contributed by atoms with Crippen LogP contribution in [0.4, 0.5) is 5.13 Å². The Hall–Kier alpha value is -3.50. The average Bonchev–Trinajstić information content (AvgIpc) is 3.26. The molecule has 26 heavy (non-hydrogen) atoms. The van der Waals surface area contributed by atoms with Gasteiger partial charge < -0.3 is 4.57 Å². The van der Waals surface area contributed by atoms with Crippen molar-refractivity contribution in [2.45, 2.75) is 0 Å². The van der Waals surface area contributed by atoms with E-state index in [2.05, 4.69) is 15.3 Å². The van der Waals surface area contributed by atoms with Gasteiger partial charge in [-0.2, -0.15) is 5.26 Å². The Kier molecular flexibility index (Phi) is 3.95. The van der Waals surface area contributed by atoms with Crippen molar-refractivity contribution in [3.63, 3.8) is 0 Å². The fraction of sp³-hybridized carbons (Fsp3) is 0.0526. The zero-order chi connectivity index (χ0) is 18.1. The van der Waals surface area contributed by atoms with Gasteiger partial charge in [0.15, 0.2) is 11.0 Å².